The monoisotopic (exact) mass is 652 g/mol. The third-order valence-electron chi connectivity index (χ3n) is 9.96. The van der Waals surface area contributed by atoms with Gasteiger partial charge in [-0.2, -0.15) is 0 Å². The standard InChI is InChI=1S/C48H32N2O/c1-3-18-38(19-4-1)49(40-26-23-33-13-7-9-16-36(33)31-40)43-28-29-44(48-47(43)46-42-22-12-11-15-35(42)25-30-45(46)51-48)50(39-20-5-2-6-21-39)41-27-24-34-14-8-10-17-37(34)32-41/h1-32H. The summed E-state index contributed by atoms with van der Waals surface area (Å²) in [6.07, 6.45) is 0. The molecule has 0 spiro atoms. The van der Waals surface area contributed by atoms with E-state index < -0.39 is 0 Å². The van der Waals surface area contributed by atoms with Gasteiger partial charge in [-0.3, -0.25) is 0 Å². The maximum absolute atomic E-state index is 7.07. The first-order valence-electron chi connectivity index (χ1n) is 17.4. The van der Waals surface area contributed by atoms with E-state index in [0.29, 0.717) is 0 Å². The van der Waals surface area contributed by atoms with Crippen LogP contribution in [0.4, 0.5) is 34.1 Å². The van der Waals surface area contributed by atoms with Crippen molar-refractivity contribution in [2.45, 2.75) is 0 Å². The van der Waals surface area contributed by atoms with Crippen LogP contribution < -0.4 is 9.80 Å². The van der Waals surface area contributed by atoms with Crippen molar-refractivity contribution in [1.82, 2.24) is 0 Å². The molecule has 1 heterocycles. The maximum Gasteiger partial charge on any atom is 0.161 e. The van der Waals surface area contributed by atoms with Crippen LogP contribution in [0.1, 0.15) is 0 Å². The fourth-order valence-electron chi connectivity index (χ4n) is 7.61. The van der Waals surface area contributed by atoms with E-state index in [2.05, 4.69) is 204 Å². The number of rotatable bonds is 6. The second-order valence-corrected chi connectivity index (χ2v) is 13.0. The van der Waals surface area contributed by atoms with Crippen molar-refractivity contribution in [3.63, 3.8) is 0 Å². The van der Waals surface area contributed by atoms with Crippen molar-refractivity contribution in [2.75, 3.05) is 9.80 Å². The molecule has 3 heteroatoms. The summed E-state index contributed by atoms with van der Waals surface area (Å²) in [7, 11) is 0. The highest BCUT2D eigenvalue weighted by Crippen LogP contribution is 2.50. The Morgan fingerprint density at radius 3 is 1.39 bits per heavy atom. The van der Waals surface area contributed by atoms with Gasteiger partial charge in [-0.05, 0) is 99.0 Å². The first-order chi connectivity index (χ1) is 25.3. The highest BCUT2D eigenvalue weighted by molar-refractivity contribution is 6.25. The summed E-state index contributed by atoms with van der Waals surface area (Å²) in [6.45, 7) is 0. The lowest BCUT2D eigenvalue weighted by Crippen LogP contribution is -2.13. The van der Waals surface area contributed by atoms with E-state index in [9.17, 15) is 0 Å². The molecule has 0 aliphatic heterocycles. The quantitative estimate of drug-likeness (QED) is 0.178. The van der Waals surface area contributed by atoms with Gasteiger partial charge in [0, 0.05) is 28.1 Å². The predicted octanol–water partition coefficient (Wildman–Crippen LogP) is 14.0. The molecule has 0 radical (unpaired) electrons. The van der Waals surface area contributed by atoms with E-state index in [0.717, 1.165) is 61.4 Å². The molecule has 0 bridgehead atoms. The van der Waals surface area contributed by atoms with E-state index >= 15 is 0 Å². The third kappa shape index (κ3) is 4.90. The fourth-order valence-corrected chi connectivity index (χ4v) is 7.61. The Morgan fingerprint density at radius 1 is 0.314 bits per heavy atom. The average molecular weight is 653 g/mol. The van der Waals surface area contributed by atoms with Gasteiger partial charge in [-0.1, -0.05) is 127 Å². The zero-order valence-corrected chi connectivity index (χ0v) is 27.8. The molecule has 0 unspecified atom stereocenters. The Hall–Kier alpha value is -6.84. The second-order valence-electron chi connectivity index (χ2n) is 13.0. The first-order valence-corrected chi connectivity index (χ1v) is 17.4. The molecular weight excluding hydrogens is 621 g/mol. The number of furan rings is 1. The van der Waals surface area contributed by atoms with Crippen LogP contribution in [0, 0.1) is 0 Å². The summed E-state index contributed by atoms with van der Waals surface area (Å²) in [5, 5.41) is 9.31. The van der Waals surface area contributed by atoms with E-state index in [1.54, 1.807) is 0 Å². The lowest BCUT2D eigenvalue weighted by atomic mass is 10.0. The lowest BCUT2D eigenvalue weighted by Gasteiger charge is -2.29. The zero-order chi connectivity index (χ0) is 33.7. The molecule has 0 fully saturated rings. The van der Waals surface area contributed by atoms with Crippen LogP contribution in [0.2, 0.25) is 0 Å². The number of fused-ring (bicyclic) bond motifs is 7. The van der Waals surface area contributed by atoms with Gasteiger partial charge in [0.05, 0.1) is 16.8 Å². The van der Waals surface area contributed by atoms with Crippen LogP contribution >= 0.6 is 0 Å². The van der Waals surface area contributed by atoms with Crippen molar-refractivity contribution >= 4 is 88.4 Å². The van der Waals surface area contributed by atoms with E-state index in [-0.39, 0.29) is 0 Å². The van der Waals surface area contributed by atoms with Crippen molar-refractivity contribution < 1.29 is 4.42 Å². The highest BCUT2D eigenvalue weighted by atomic mass is 16.3. The third-order valence-corrected chi connectivity index (χ3v) is 9.96. The number of hydrogen-bond donors (Lipinski definition) is 0. The topological polar surface area (TPSA) is 19.6 Å². The first kappa shape index (κ1) is 29.1. The van der Waals surface area contributed by atoms with Crippen LogP contribution in [-0.2, 0) is 0 Å². The molecular formula is C48H32N2O. The van der Waals surface area contributed by atoms with Crippen molar-refractivity contribution in [3.8, 4) is 0 Å². The van der Waals surface area contributed by atoms with Gasteiger partial charge in [-0.15, -0.1) is 0 Å². The number of benzene rings is 9. The van der Waals surface area contributed by atoms with E-state index in [1.807, 2.05) is 0 Å². The van der Waals surface area contributed by atoms with Crippen LogP contribution in [-0.4, -0.2) is 0 Å². The predicted molar refractivity (Wildman–Crippen MR) is 216 cm³/mol. The van der Waals surface area contributed by atoms with Crippen LogP contribution in [0.15, 0.2) is 199 Å². The summed E-state index contributed by atoms with van der Waals surface area (Å²) in [5.41, 5.74) is 7.99. The average Bonchev–Trinajstić information content (AvgIpc) is 3.60. The lowest BCUT2D eigenvalue weighted by molar-refractivity contribution is 0.669. The Morgan fingerprint density at radius 2 is 0.784 bits per heavy atom. The maximum atomic E-state index is 7.07. The molecule has 0 aliphatic carbocycles. The van der Waals surface area contributed by atoms with Gasteiger partial charge < -0.3 is 14.2 Å². The van der Waals surface area contributed by atoms with Gasteiger partial charge in [0.15, 0.2) is 5.58 Å². The van der Waals surface area contributed by atoms with Crippen molar-refractivity contribution in [2.24, 2.45) is 0 Å². The molecule has 1 aromatic heterocycles. The summed E-state index contributed by atoms with van der Waals surface area (Å²) in [6, 6.07) is 69.1. The van der Waals surface area contributed by atoms with E-state index in [1.165, 1.54) is 26.9 Å². The Balaban J connectivity index is 1.32. The SMILES string of the molecule is c1ccc(N(c2ccc3ccccc3c2)c2ccc(N(c3ccccc3)c3ccc4ccccc4c3)c3c2oc2ccc4ccccc4c23)cc1. The number of hydrogen-bond acceptors (Lipinski definition) is 3. The molecule has 0 N–H and O–H groups in total. The van der Waals surface area contributed by atoms with Gasteiger partial charge in [0.2, 0.25) is 0 Å². The van der Waals surface area contributed by atoms with E-state index in [4.69, 9.17) is 4.42 Å². The highest BCUT2D eigenvalue weighted by Gasteiger charge is 2.26. The summed E-state index contributed by atoms with van der Waals surface area (Å²) >= 11 is 0. The number of para-hydroxylation sites is 2. The second kappa shape index (κ2) is 11.9. The van der Waals surface area contributed by atoms with Gasteiger partial charge in [0.25, 0.3) is 0 Å². The number of nitrogens with zero attached hydrogens (tertiary/aromatic N) is 2. The Bertz CT molecular complexity index is 2880. The largest absolute Gasteiger partial charge is 0.454 e. The summed E-state index contributed by atoms with van der Waals surface area (Å²) in [4.78, 5) is 4.70. The fraction of sp³-hybridized carbons (Fsp3) is 0. The Kier molecular flexibility index (Phi) is 6.81. The molecule has 0 saturated heterocycles. The Labute approximate surface area is 295 Å². The van der Waals surface area contributed by atoms with Crippen LogP contribution in [0.5, 0.6) is 0 Å². The molecule has 9 aromatic carbocycles. The molecule has 10 aromatic rings. The van der Waals surface area contributed by atoms with Gasteiger partial charge >= 0.3 is 0 Å². The molecule has 0 amide bonds. The van der Waals surface area contributed by atoms with Gasteiger partial charge in [0.1, 0.15) is 5.58 Å². The van der Waals surface area contributed by atoms with Gasteiger partial charge in [-0.25, -0.2) is 0 Å². The summed E-state index contributed by atoms with van der Waals surface area (Å²) < 4.78 is 7.07. The smallest absolute Gasteiger partial charge is 0.161 e. The minimum Gasteiger partial charge on any atom is -0.454 e. The summed E-state index contributed by atoms with van der Waals surface area (Å²) in [5.74, 6) is 0. The van der Waals surface area contributed by atoms with Crippen LogP contribution in [0.3, 0.4) is 0 Å². The van der Waals surface area contributed by atoms with Crippen molar-refractivity contribution in [3.05, 3.63) is 194 Å². The molecule has 240 valence electrons. The minimum atomic E-state index is 0.831. The zero-order valence-electron chi connectivity index (χ0n) is 27.8. The molecule has 0 saturated carbocycles. The number of anilines is 6. The molecule has 3 nitrogen and oxygen atoms in total. The molecule has 0 aliphatic rings. The van der Waals surface area contributed by atoms with Crippen LogP contribution in [0.25, 0.3) is 54.3 Å². The molecule has 51 heavy (non-hydrogen) atoms. The normalized spacial score (nSPS) is 11.5. The molecule has 10 rings (SSSR count). The minimum absolute atomic E-state index is 0.831. The van der Waals surface area contributed by atoms with Crippen molar-refractivity contribution in [1.29, 1.82) is 0 Å². The molecule has 0 atom stereocenters.